The summed E-state index contributed by atoms with van der Waals surface area (Å²) in [7, 11) is 0. The highest BCUT2D eigenvalue weighted by Crippen LogP contribution is 2.15. The third-order valence-corrected chi connectivity index (χ3v) is 11.0. The first-order valence-corrected chi connectivity index (χ1v) is 27.5. The monoisotopic (exact) mass is 994 g/mol. The predicted molar refractivity (Wildman–Crippen MR) is 284 cm³/mol. The molecule has 12 N–H and O–H groups in total. The molecule has 0 radical (unpaired) electrons. The molecule has 0 spiro atoms. The highest BCUT2D eigenvalue weighted by atomic mass is 16.4. The molecule has 0 aliphatic carbocycles. The van der Waals surface area contributed by atoms with Crippen LogP contribution in [0.2, 0.25) is 0 Å². The molecule has 15 heteroatoms. The van der Waals surface area contributed by atoms with E-state index in [-0.39, 0.29) is 19.6 Å². The van der Waals surface area contributed by atoms with E-state index >= 15 is 0 Å². The number of unbranched alkanes of at least 4 members (excludes halogenated alkanes) is 36. The molecule has 0 aromatic heterocycles. The summed E-state index contributed by atoms with van der Waals surface area (Å²) >= 11 is 0. The minimum atomic E-state index is -0.968. The Hall–Kier alpha value is -3.30. The molecule has 414 valence electrons. The first-order valence-electron chi connectivity index (χ1n) is 27.5. The molecule has 0 saturated heterocycles. The van der Waals surface area contributed by atoms with Crippen LogP contribution in [0.15, 0.2) is 0 Å². The van der Waals surface area contributed by atoms with Gasteiger partial charge in [0.25, 0.3) is 0 Å². The van der Waals surface area contributed by atoms with Gasteiger partial charge in [-0.1, -0.05) is 252 Å². The van der Waals surface area contributed by atoms with Crippen LogP contribution in [0.1, 0.15) is 290 Å². The zero-order chi connectivity index (χ0) is 53.3. The Labute approximate surface area is 421 Å². The first kappa shape index (κ1) is 77.2. The molecule has 0 unspecified atom stereocenters. The molecular formula is C54H111N3O12. The van der Waals surface area contributed by atoms with Crippen LogP contribution in [0.4, 0.5) is 0 Å². The quantitative estimate of drug-likeness (QED) is 0.0256. The average molecular weight is 994 g/mol. The number of carbonyl (C=O) groups is 6. The van der Waals surface area contributed by atoms with Crippen LogP contribution in [0.25, 0.3) is 0 Å². The maximum absolute atomic E-state index is 10.3. The van der Waals surface area contributed by atoms with Crippen molar-refractivity contribution in [1.29, 1.82) is 0 Å². The molecule has 0 saturated carbocycles. The minimum absolute atomic E-state index is 0.278. The highest BCUT2D eigenvalue weighted by Gasteiger charge is 2.00. The van der Waals surface area contributed by atoms with Gasteiger partial charge >= 0.3 is 35.8 Å². The fourth-order valence-corrected chi connectivity index (χ4v) is 6.88. The van der Waals surface area contributed by atoms with Crippen molar-refractivity contribution in [2.24, 2.45) is 17.2 Å². The Bertz CT molecular complexity index is 938. The molecule has 0 heterocycles. The number of carboxylic acids is 6. The normalized spacial score (nSPS) is 10.0. The summed E-state index contributed by atoms with van der Waals surface area (Å²) in [5, 5.41) is 48.3. The van der Waals surface area contributed by atoms with Gasteiger partial charge in [-0.25, -0.2) is 0 Å². The van der Waals surface area contributed by atoms with Crippen molar-refractivity contribution in [3.63, 3.8) is 0 Å². The van der Waals surface area contributed by atoms with Gasteiger partial charge in [-0.2, -0.15) is 0 Å². The molecule has 0 atom stereocenters. The Morgan fingerprint density at radius 1 is 0.217 bits per heavy atom. The van der Waals surface area contributed by atoms with Crippen molar-refractivity contribution < 1.29 is 59.4 Å². The molecule has 0 aromatic carbocycles. The lowest BCUT2D eigenvalue weighted by molar-refractivity contribution is -0.138. The van der Waals surface area contributed by atoms with Crippen molar-refractivity contribution in [3.8, 4) is 0 Å². The van der Waals surface area contributed by atoms with Gasteiger partial charge in [-0.05, 0) is 19.3 Å². The fraction of sp³-hybridized carbons (Fsp3) is 0.889. The summed E-state index contributed by atoms with van der Waals surface area (Å²) in [6.45, 7) is 5.95. The van der Waals surface area contributed by atoms with Crippen LogP contribution in [-0.4, -0.2) is 86.1 Å². The van der Waals surface area contributed by atoms with E-state index in [1.165, 1.54) is 212 Å². The molecule has 15 nitrogen and oxygen atoms in total. The number of aliphatic carboxylic acids is 6. The van der Waals surface area contributed by atoms with E-state index in [2.05, 4.69) is 38.0 Å². The molecule has 0 aromatic rings. The van der Waals surface area contributed by atoms with Gasteiger partial charge in [0.1, 0.15) is 0 Å². The summed E-state index contributed by atoms with van der Waals surface area (Å²) in [6, 6.07) is 0. The Balaban J connectivity index is -0.000000187. The number of hydrogen-bond donors (Lipinski definition) is 9. The van der Waals surface area contributed by atoms with E-state index in [0.717, 1.165) is 38.5 Å². The molecule has 0 fully saturated rings. The smallest absolute Gasteiger partial charge is 0.317 e. The van der Waals surface area contributed by atoms with Gasteiger partial charge in [0, 0.05) is 19.3 Å². The first-order chi connectivity index (χ1) is 33.1. The second kappa shape index (κ2) is 73.7. The van der Waals surface area contributed by atoms with Crippen LogP contribution >= 0.6 is 0 Å². The third kappa shape index (κ3) is 112. The zero-order valence-electron chi connectivity index (χ0n) is 44.7. The SMILES string of the molecule is CCCCCCCCCCCCCCCC(=O)O.CCCCCCCCCCCCCCCC(=O)O.CCCCCCCCCCCCCCCC(=O)O.NCC(=O)O.NCC(=O)O.NCC(=O)O. The number of nitrogens with two attached hydrogens (primary N) is 3. The van der Waals surface area contributed by atoms with E-state index in [4.69, 9.17) is 30.6 Å². The average Bonchev–Trinajstić information content (AvgIpc) is 3.31. The Kier molecular flexibility index (Phi) is 82.4. The largest absolute Gasteiger partial charge is 0.481 e. The minimum Gasteiger partial charge on any atom is -0.481 e. The van der Waals surface area contributed by atoms with Gasteiger partial charge < -0.3 is 47.8 Å². The van der Waals surface area contributed by atoms with E-state index in [0.29, 0.717) is 19.3 Å². The van der Waals surface area contributed by atoms with Gasteiger partial charge in [-0.15, -0.1) is 0 Å². The standard InChI is InChI=1S/3C16H32O2.3C2H5NO2/c3*1-2-3-4-5-6-7-8-9-10-11-12-13-14-15-16(17)18;3*3-1-2(4)5/h3*2-15H2,1H3,(H,17,18);3*1,3H2,(H,4,5). The summed E-state index contributed by atoms with van der Waals surface area (Å²) in [6.07, 6.45) is 51.8. The number of hydrogen-bond acceptors (Lipinski definition) is 9. The van der Waals surface area contributed by atoms with Crippen LogP contribution in [0, 0.1) is 0 Å². The predicted octanol–water partition coefficient (Wildman–Crippen LogP) is 13.7. The molecule has 69 heavy (non-hydrogen) atoms. The van der Waals surface area contributed by atoms with E-state index in [1.807, 2.05) is 0 Å². The Morgan fingerprint density at radius 3 is 0.406 bits per heavy atom. The summed E-state index contributed by atoms with van der Waals surface area (Å²) in [5.41, 5.74) is 13.7. The lowest BCUT2D eigenvalue weighted by atomic mass is 10.0. The zero-order valence-corrected chi connectivity index (χ0v) is 44.7. The summed E-state index contributed by atoms with van der Waals surface area (Å²) in [4.78, 5) is 58.6. The fourth-order valence-electron chi connectivity index (χ4n) is 6.88. The van der Waals surface area contributed by atoms with Crippen LogP contribution in [0.3, 0.4) is 0 Å². The van der Waals surface area contributed by atoms with E-state index in [1.54, 1.807) is 0 Å². The number of carboxylic acid groups (broad SMARTS) is 6. The summed E-state index contributed by atoms with van der Waals surface area (Å²) < 4.78 is 0. The van der Waals surface area contributed by atoms with Crippen LogP contribution in [0.5, 0.6) is 0 Å². The molecule has 0 bridgehead atoms. The lowest BCUT2D eigenvalue weighted by Crippen LogP contribution is -2.10. The molecule has 0 amide bonds. The van der Waals surface area contributed by atoms with Crippen LogP contribution < -0.4 is 17.2 Å². The van der Waals surface area contributed by atoms with Crippen molar-refractivity contribution in [2.75, 3.05) is 19.6 Å². The van der Waals surface area contributed by atoms with Crippen molar-refractivity contribution in [1.82, 2.24) is 0 Å². The van der Waals surface area contributed by atoms with Crippen molar-refractivity contribution in [3.05, 3.63) is 0 Å². The highest BCUT2D eigenvalue weighted by molar-refractivity contribution is 5.69. The summed E-state index contributed by atoms with van der Waals surface area (Å²) in [5.74, 6) is -4.87. The molecular weight excluding hydrogens is 883 g/mol. The maximum atomic E-state index is 10.3. The van der Waals surface area contributed by atoms with Gasteiger partial charge in [0.2, 0.25) is 0 Å². The molecule has 0 rings (SSSR count). The second-order valence-electron chi connectivity index (χ2n) is 18.0. The topological polar surface area (TPSA) is 302 Å². The van der Waals surface area contributed by atoms with Crippen molar-refractivity contribution >= 4 is 35.8 Å². The lowest BCUT2D eigenvalue weighted by Gasteiger charge is -2.02. The Morgan fingerprint density at radius 2 is 0.319 bits per heavy atom. The second-order valence-corrected chi connectivity index (χ2v) is 18.0. The molecule has 0 aliphatic heterocycles. The van der Waals surface area contributed by atoms with E-state index in [9.17, 15) is 28.8 Å². The van der Waals surface area contributed by atoms with E-state index < -0.39 is 35.8 Å². The van der Waals surface area contributed by atoms with Crippen LogP contribution in [-0.2, 0) is 28.8 Å². The maximum Gasteiger partial charge on any atom is 0.317 e. The number of rotatable bonds is 45. The van der Waals surface area contributed by atoms with Gasteiger partial charge in [-0.3, -0.25) is 28.8 Å². The third-order valence-electron chi connectivity index (χ3n) is 11.0. The molecule has 0 aliphatic rings. The van der Waals surface area contributed by atoms with Gasteiger partial charge in [0.05, 0.1) is 19.6 Å². The van der Waals surface area contributed by atoms with Crippen molar-refractivity contribution in [2.45, 2.75) is 290 Å². The van der Waals surface area contributed by atoms with Gasteiger partial charge in [0.15, 0.2) is 0 Å².